The Hall–Kier alpha value is -1.94. The Morgan fingerprint density at radius 3 is 2.74 bits per heavy atom. The zero-order valence-electron chi connectivity index (χ0n) is 10.7. The predicted molar refractivity (Wildman–Crippen MR) is 72.4 cm³/mol. The number of carbonyl (C=O) groups is 1. The van der Waals surface area contributed by atoms with E-state index in [-0.39, 0.29) is 17.2 Å². The van der Waals surface area contributed by atoms with Gasteiger partial charge in [-0.3, -0.25) is 4.79 Å². The van der Waals surface area contributed by atoms with E-state index in [1.165, 1.54) is 23.1 Å². The number of furan rings is 1. The first-order chi connectivity index (χ1) is 8.97. The van der Waals surface area contributed by atoms with Crippen LogP contribution >= 0.6 is 11.6 Å². The quantitative estimate of drug-likeness (QED) is 0.938. The molecule has 0 fully saturated rings. The lowest BCUT2D eigenvalue weighted by atomic mass is 10.2. The van der Waals surface area contributed by atoms with Gasteiger partial charge in [0.1, 0.15) is 17.3 Å². The van der Waals surface area contributed by atoms with Crippen LogP contribution in [0.25, 0.3) is 0 Å². The number of rotatable bonds is 3. The molecule has 1 N–H and O–H groups in total. The van der Waals surface area contributed by atoms with Crippen molar-refractivity contribution in [2.45, 2.75) is 13.5 Å². The molecule has 0 spiro atoms. The number of phenolic OH excluding ortho intramolecular Hbond substituents is 1. The molecular weight excluding hydrogens is 266 g/mol. The minimum Gasteiger partial charge on any atom is -0.508 e. The summed E-state index contributed by atoms with van der Waals surface area (Å²) in [5, 5.41) is 9.72. The highest BCUT2D eigenvalue weighted by atomic mass is 35.5. The Bertz CT molecular complexity index is 606. The van der Waals surface area contributed by atoms with Crippen molar-refractivity contribution in [1.82, 2.24) is 4.90 Å². The van der Waals surface area contributed by atoms with E-state index in [9.17, 15) is 9.90 Å². The number of carbonyl (C=O) groups excluding carboxylic acids is 1. The third-order valence-electron chi connectivity index (χ3n) is 2.72. The van der Waals surface area contributed by atoms with Crippen LogP contribution in [-0.2, 0) is 6.54 Å². The van der Waals surface area contributed by atoms with Gasteiger partial charge in [0.25, 0.3) is 5.91 Å². The van der Waals surface area contributed by atoms with Crippen LogP contribution in [0.15, 0.2) is 34.7 Å². The van der Waals surface area contributed by atoms with Crippen molar-refractivity contribution in [1.29, 1.82) is 0 Å². The van der Waals surface area contributed by atoms with Gasteiger partial charge in [0.2, 0.25) is 0 Å². The highest BCUT2D eigenvalue weighted by molar-refractivity contribution is 6.33. The summed E-state index contributed by atoms with van der Waals surface area (Å²) in [5.41, 5.74) is 0.271. The van der Waals surface area contributed by atoms with Crippen LogP contribution in [0.5, 0.6) is 5.75 Å². The summed E-state index contributed by atoms with van der Waals surface area (Å²) in [6, 6.07) is 7.96. The summed E-state index contributed by atoms with van der Waals surface area (Å²) in [4.78, 5) is 13.7. The summed E-state index contributed by atoms with van der Waals surface area (Å²) < 4.78 is 5.42. The van der Waals surface area contributed by atoms with Gasteiger partial charge >= 0.3 is 0 Å². The SMILES string of the molecule is Cc1ccc(CN(C)C(=O)c2cc(O)ccc2Cl)o1. The molecular formula is C14H14ClNO3. The fraction of sp³-hybridized carbons (Fsp3) is 0.214. The standard InChI is InChI=1S/C14H14ClNO3/c1-9-3-5-11(19-9)8-16(2)14(18)12-7-10(17)4-6-13(12)15/h3-7,17H,8H2,1-2H3. The number of halogens is 1. The Balaban J connectivity index is 2.16. The Labute approximate surface area is 116 Å². The van der Waals surface area contributed by atoms with Crippen LogP contribution < -0.4 is 0 Å². The molecule has 4 nitrogen and oxygen atoms in total. The third-order valence-corrected chi connectivity index (χ3v) is 3.05. The number of hydrogen-bond donors (Lipinski definition) is 1. The Morgan fingerprint density at radius 2 is 2.11 bits per heavy atom. The molecule has 0 saturated carbocycles. The summed E-state index contributed by atoms with van der Waals surface area (Å²) in [7, 11) is 1.65. The summed E-state index contributed by atoms with van der Waals surface area (Å²) >= 11 is 5.96. The molecule has 1 heterocycles. The van der Waals surface area contributed by atoms with Gasteiger partial charge in [0, 0.05) is 7.05 Å². The van der Waals surface area contributed by atoms with Crippen molar-refractivity contribution in [3.63, 3.8) is 0 Å². The number of aromatic hydroxyl groups is 1. The fourth-order valence-electron chi connectivity index (χ4n) is 1.76. The largest absolute Gasteiger partial charge is 0.508 e. The maximum absolute atomic E-state index is 12.2. The third kappa shape index (κ3) is 3.09. The molecule has 0 aliphatic heterocycles. The summed E-state index contributed by atoms with van der Waals surface area (Å²) in [6.07, 6.45) is 0. The molecule has 0 aliphatic carbocycles. The molecule has 1 amide bonds. The van der Waals surface area contributed by atoms with E-state index in [4.69, 9.17) is 16.0 Å². The van der Waals surface area contributed by atoms with Crippen molar-refractivity contribution in [3.8, 4) is 5.75 Å². The average Bonchev–Trinajstić information content (AvgIpc) is 2.77. The molecule has 19 heavy (non-hydrogen) atoms. The lowest BCUT2D eigenvalue weighted by molar-refractivity contribution is 0.0775. The highest BCUT2D eigenvalue weighted by Crippen LogP contribution is 2.23. The smallest absolute Gasteiger partial charge is 0.255 e. The number of amides is 1. The van der Waals surface area contributed by atoms with E-state index in [0.29, 0.717) is 17.3 Å². The number of hydrogen-bond acceptors (Lipinski definition) is 3. The molecule has 2 aromatic rings. The topological polar surface area (TPSA) is 53.7 Å². The van der Waals surface area contributed by atoms with E-state index in [1.807, 2.05) is 19.1 Å². The maximum atomic E-state index is 12.2. The van der Waals surface area contributed by atoms with Crippen molar-refractivity contribution in [2.75, 3.05) is 7.05 Å². The number of nitrogens with zero attached hydrogens (tertiary/aromatic N) is 1. The van der Waals surface area contributed by atoms with Gasteiger partial charge in [-0.15, -0.1) is 0 Å². The molecule has 0 saturated heterocycles. The first-order valence-corrected chi connectivity index (χ1v) is 6.14. The van der Waals surface area contributed by atoms with Gasteiger partial charge in [0.15, 0.2) is 0 Å². The van der Waals surface area contributed by atoms with E-state index in [2.05, 4.69) is 0 Å². The van der Waals surface area contributed by atoms with Crippen LogP contribution in [0.1, 0.15) is 21.9 Å². The van der Waals surface area contributed by atoms with Gasteiger partial charge in [-0.05, 0) is 37.3 Å². The van der Waals surface area contributed by atoms with E-state index in [0.717, 1.165) is 5.76 Å². The highest BCUT2D eigenvalue weighted by Gasteiger charge is 2.17. The molecule has 0 unspecified atom stereocenters. The van der Waals surface area contributed by atoms with E-state index in [1.54, 1.807) is 7.05 Å². The van der Waals surface area contributed by atoms with Crippen molar-refractivity contribution in [3.05, 3.63) is 52.4 Å². The second-order valence-electron chi connectivity index (χ2n) is 4.34. The average molecular weight is 280 g/mol. The van der Waals surface area contributed by atoms with Gasteiger partial charge in [-0.2, -0.15) is 0 Å². The Kier molecular flexibility index (Phi) is 3.81. The van der Waals surface area contributed by atoms with Crippen molar-refractivity contribution < 1.29 is 14.3 Å². The molecule has 100 valence electrons. The van der Waals surface area contributed by atoms with Gasteiger partial charge in [-0.1, -0.05) is 11.6 Å². The van der Waals surface area contributed by atoms with Gasteiger partial charge in [0.05, 0.1) is 17.1 Å². The van der Waals surface area contributed by atoms with Crippen LogP contribution in [-0.4, -0.2) is 23.0 Å². The first kappa shape index (κ1) is 13.5. The van der Waals surface area contributed by atoms with Gasteiger partial charge < -0.3 is 14.4 Å². The van der Waals surface area contributed by atoms with E-state index < -0.39 is 0 Å². The van der Waals surface area contributed by atoms with Crippen LogP contribution in [0.2, 0.25) is 5.02 Å². The summed E-state index contributed by atoms with van der Waals surface area (Å²) in [6.45, 7) is 2.19. The first-order valence-electron chi connectivity index (χ1n) is 5.76. The molecule has 0 radical (unpaired) electrons. The zero-order valence-corrected chi connectivity index (χ0v) is 11.4. The molecule has 1 aromatic carbocycles. The molecule has 2 rings (SSSR count). The van der Waals surface area contributed by atoms with Crippen LogP contribution in [0.4, 0.5) is 0 Å². The predicted octanol–water partition coefficient (Wildman–Crippen LogP) is 3.22. The zero-order chi connectivity index (χ0) is 14.0. The molecule has 1 aromatic heterocycles. The van der Waals surface area contributed by atoms with Crippen LogP contribution in [0, 0.1) is 6.92 Å². The molecule has 0 aliphatic rings. The number of aryl methyl sites for hydroxylation is 1. The second kappa shape index (κ2) is 5.36. The molecule has 5 heteroatoms. The number of phenols is 1. The molecule has 0 bridgehead atoms. The minimum absolute atomic E-state index is 0.00925. The lowest BCUT2D eigenvalue weighted by Crippen LogP contribution is -2.26. The van der Waals surface area contributed by atoms with Crippen molar-refractivity contribution >= 4 is 17.5 Å². The molecule has 0 atom stereocenters. The lowest BCUT2D eigenvalue weighted by Gasteiger charge is -2.16. The minimum atomic E-state index is -0.269. The number of benzene rings is 1. The fourth-order valence-corrected chi connectivity index (χ4v) is 1.96. The van der Waals surface area contributed by atoms with Gasteiger partial charge in [-0.25, -0.2) is 0 Å². The van der Waals surface area contributed by atoms with Crippen molar-refractivity contribution in [2.24, 2.45) is 0 Å². The normalized spacial score (nSPS) is 10.5. The van der Waals surface area contributed by atoms with E-state index >= 15 is 0 Å². The maximum Gasteiger partial charge on any atom is 0.255 e. The van der Waals surface area contributed by atoms with Crippen LogP contribution in [0.3, 0.4) is 0 Å². The Morgan fingerprint density at radius 1 is 1.37 bits per heavy atom. The summed E-state index contributed by atoms with van der Waals surface area (Å²) in [5.74, 6) is 1.24. The monoisotopic (exact) mass is 279 g/mol. The second-order valence-corrected chi connectivity index (χ2v) is 4.74.